The second kappa shape index (κ2) is 11.4. The van der Waals surface area contributed by atoms with Crippen LogP contribution < -0.4 is 10.1 Å². The molecule has 10 heteroatoms. The van der Waals surface area contributed by atoms with Crippen LogP contribution in [0.25, 0.3) is 16.5 Å². The number of phenolic OH excluding ortho intramolecular Hbond substituents is 1. The van der Waals surface area contributed by atoms with Crippen molar-refractivity contribution in [3.05, 3.63) is 113 Å². The van der Waals surface area contributed by atoms with E-state index in [0.29, 0.717) is 45.0 Å². The van der Waals surface area contributed by atoms with Crippen LogP contribution in [0.3, 0.4) is 0 Å². The zero-order chi connectivity index (χ0) is 29.2. The van der Waals surface area contributed by atoms with Crippen molar-refractivity contribution < 1.29 is 19.1 Å². The molecule has 1 amide bonds. The van der Waals surface area contributed by atoms with Gasteiger partial charge in [-0.2, -0.15) is 5.10 Å². The van der Waals surface area contributed by atoms with Crippen molar-refractivity contribution in [2.75, 3.05) is 5.32 Å². The molecule has 2 N–H and O–H groups in total. The lowest BCUT2D eigenvalue weighted by atomic mass is 10.0. The fourth-order valence-electron chi connectivity index (χ4n) is 4.55. The van der Waals surface area contributed by atoms with Gasteiger partial charge in [-0.25, -0.2) is 4.68 Å². The summed E-state index contributed by atoms with van der Waals surface area (Å²) in [5.41, 5.74) is 4.17. The Morgan fingerprint density at radius 1 is 0.952 bits per heavy atom. The summed E-state index contributed by atoms with van der Waals surface area (Å²) in [5.74, 6) is 1.22. The van der Waals surface area contributed by atoms with Crippen molar-refractivity contribution in [1.82, 2.24) is 20.0 Å². The molecular formula is C32H27N5O4S. The lowest BCUT2D eigenvalue weighted by molar-refractivity contribution is 0.102. The number of rotatable bonds is 8. The molecule has 0 aliphatic heterocycles. The van der Waals surface area contributed by atoms with E-state index >= 15 is 0 Å². The number of amides is 1. The molecule has 0 radical (unpaired) electrons. The molecule has 210 valence electrons. The largest absolute Gasteiger partial charge is 0.506 e. The number of ether oxygens (including phenoxy) is 1. The summed E-state index contributed by atoms with van der Waals surface area (Å²) >= 11 is 1.38. The third-order valence-corrected chi connectivity index (χ3v) is 7.57. The third-order valence-electron chi connectivity index (χ3n) is 6.72. The lowest BCUT2D eigenvalue weighted by Gasteiger charge is -2.16. The van der Waals surface area contributed by atoms with Crippen molar-refractivity contribution in [3.8, 4) is 23.1 Å². The minimum absolute atomic E-state index is 0.0871. The zero-order valence-corrected chi connectivity index (χ0v) is 24.0. The zero-order valence-electron chi connectivity index (χ0n) is 23.2. The van der Waals surface area contributed by atoms with Gasteiger partial charge in [-0.05, 0) is 44.2 Å². The number of carbonyl (C=O) groups excluding carboxylic acids is 1. The molecular weight excluding hydrogens is 550 g/mol. The van der Waals surface area contributed by atoms with Crippen molar-refractivity contribution in [2.24, 2.45) is 0 Å². The van der Waals surface area contributed by atoms with Gasteiger partial charge in [0.25, 0.3) is 11.1 Å². The molecule has 6 rings (SSSR count). The maximum atomic E-state index is 13.4. The normalized spacial score (nSPS) is 11.1. The van der Waals surface area contributed by atoms with E-state index in [0.717, 1.165) is 22.5 Å². The standard InChI is InChI=1S/C32H27N5O4S/c1-19-13-15-22(16-14-19)33-30(39)26-17-28(24-11-7-8-12-25(24)29(26)38)41-31-27(18-42-32-35-34-21(3)40-32)20(2)36-37(31)23-9-5-4-6-10-23/h4-17,38H,18H2,1-3H3,(H,33,39). The van der Waals surface area contributed by atoms with Crippen LogP contribution >= 0.6 is 11.8 Å². The van der Waals surface area contributed by atoms with Crippen molar-refractivity contribution in [1.29, 1.82) is 0 Å². The molecule has 0 aliphatic rings. The van der Waals surface area contributed by atoms with E-state index in [2.05, 4.69) is 15.5 Å². The molecule has 4 aromatic carbocycles. The number of benzene rings is 4. The minimum Gasteiger partial charge on any atom is -0.506 e. The smallest absolute Gasteiger partial charge is 0.276 e. The van der Waals surface area contributed by atoms with Gasteiger partial charge in [-0.1, -0.05) is 71.9 Å². The fraction of sp³-hybridized carbons (Fsp3) is 0.125. The maximum absolute atomic E-state index is 13.4. The van der Waals surface area contributed by atoms with Crippen LogP contribution in [0.4, 0.5) is 5.69 Å². The molecule has 9 nitrogen and oxygen atoms in total. The summed E-state index contributed by atoms with van der Waals surface area (Å²) < 4.78 is 14.0. The van der Waals surface area contributed by atoms with Gasteiger partial charge in [0.2, 0.25) is 11.8 Å². The van der Waals surface area contributed by atoms with Crippen LogP contribution in [0.5, 0.6) is 17.4 Å². The van der Waals surface area contributed by atoms with E-state index < -0.39 is 5.91 Å². The Labute approximate surface area is 246 Å². The number of phenols is 1. The Bertz CT molecular complexity index is 1900. The number of nitrogens with zero attached hydrogens (tertiary/aromatic N) is 4. The second-order valence-electron chi connectivity index (χ2n) is 9.73. The van der Waals surface area contributed by atoms with Crippen LogP contribution in [0.1, 0.15) is 33.1 Å². The summed E-state index contributed by atoms with van der Waals surface area (Å²) in [6, 6.07) is 25.9. The van der Waals surface area contributed by atoms with Crippen LogP contribution in [0.2, 0.25) is 0 Å². The number of aromatic hydroxyl groups is 1. The number of hydrogen-bond donors (Lipinski definition) is 2. The maximum Gasteiger partial charge on any atom is 0.276 e. The van der Waals surface area contributed by atoms with E-state index in [-0.39, 0.29) is 11.3 Å². The summed E-state index contributed by atoms with van der Waals surface area (Å²) in [6.45, 7) is 5.63. The topological polar surface area (TPSA) is 115 Å². The Morgan fingerprint density at radius 2 is 1.67 bits per heavy atom. The number of para-hydroxylation sites is 1. The Kier molecular flexibility index (Phi) is 7.37. The van der Waals surface area contributed by atoms with Gasteiger partial charge in [0.1, 0.15) is 11.5 Å². The SMILES string of the molecule is Cc1ccc(NC(=O)c2cc(Oc3c(CSc4nnc(C)o4)c(C)nn3-c3ccccc3)c3ccccc3c2O)cc1. The van der Waals surface area contributed by atoms with Crippen molar-refractivity contribution >= 4 is 34.1 Å². The molecule has 0 fully saturated rings. The number of aromatic nitrogens is 4. The summed E-state index contributed by atoms with van der Waals surface area (Å²) in [6.07, 6.45) is 0. The molecule has 2 aromatic heterocycles. The number of nitrogens with one attached hydrogen (secondary N) is 1. The molecule has 0 spiro atoms. The molecule has 0 atom stereocenters. The van der Waals surface area contributed by atoms with Crippen LogP contribution in [0.15, 0.2) is 94.6 Å². The lowest BCUT2D eigenvalue weighted by Crippen LogP contribution is -2.12. The highest BCUT2D eigenvalue weighted by Crippen LogP contribution is 2.41. The summed E-state index contributed by atoms with van der Waals surface area (Å²) in [5, 5.41) is 28.4. The molecule has 42 heavy (non-hydrogen) atoms. The quantitative estimate of drug-likeness (QED) is 0.180. The Hall–Kier alpha value is -5.09. The van der Waals surface area contributed by atoms with E-state index in [1.165, 1.54) is 11.8 Å². The fourth-order valence-corrected chi connectivity index (χ4v) is 5.43. The summed E-state index contributed by atoms with van der Waals surface area (Å²) in [4.78, 5) is 13.4. The molecule has 0 unspecified atom stereocenters. The first-order valence-electron chi connectivity index (χ1n) is 13.2. The predicted octanol–water partition coefficient (Wildman–Crippen LogP) is 7.38. The average molecular weight is 578 g/mol. The highest BCUT2D eigenvalue weighted by molar-refractivity contribution is 7.98. The first-order chi connectivity index (χ1) is 20.4. The highest BCUT2D eigenvalue weighted by Gasteiger charge is 2.24. The number of thioether (sulfide) groups is 1. The number of aryl methyl sites for hydroxylation is 3. The van der Waals surface area contributed by atoms with Crippen LogP contribution in [0, 0.1) is 20.8 Å². The average Bonchev–Trinajstić information content (AvgIpc) is 3.56. The van der Waals surface area contributed by atoms with Gasteiger partial charge >= 0.3 is 0 Å². The second-order valence-corrected chi connectivity index (χ2v) is 10.7. The number of fused-ring (bicyclic) bond motifs is 1. The Balaban J connectivity index is 1.44. The molecule has 0 aliphatic carbocycles. The summed E-state index contributed by atoms with van der Waals surface area (Å²) in [7, 11) is 0. The van der Waals surface area contributed by atoms with Crippen LogP contribution in [-0.4, -0.2) is 31.0 Å². The van der Waals surface area contributed by atoms with E-state index in [1.807, 2.05) is 80.6 Å². The first kappa shape index (κ1) is 27.1. The Morgan fingerprint density at radius 3 is 2.38 bits per heavy atom. The van der Waals surface area contributed by atoms with Crippen molar-refractivity contribution in [2.45, 2.75) is 31.7 Å². The molecule has 2 heterocycles. The van der Waals surface area contributed by atoms with Crippen molar-refractivity contribution in [3.63, 3.8) is 0 Å². The van der Waals surface area contributed by atoms with Gasteiger partial charge in [-0.3, -0.25) is 4.79 Å². The van der Waals surface area contributed by atoms with Gasteiger partial charge in [-0.15, -0.1) is 10.2 Å². The molecule has 0 saturated heterocycles. The number of anilines is 1. The number of hydrogen-bond acceptors (Lipinski definition) is 8. The van der Waals surface area contributed by atoms with E-state index in [1.54, 1.807) is 29.8 Å². The molecule has 0 bridgehead atoms. The van der Waals surface area contributed by atoms with Gasteiger partial charge in [0, 0.05) is 34.7 Å². The number of carbonyl (C=O) groups is 1. The van der Waals surface area contributed by atoms with Gasteiger partial charge in [0.05, 0.1) is 16.9 Å². The first-order valence-corrected chi connectivity index (χ1v) is 14.2. The highest BCUT2D eigenvalue weighted by atomic mass is 32.2. The van der Waals surface area contributed by atoms with Gasteiger partial charge in [0.15, 0.2) is 0 Å². The van der Waals surface area contributed by atoms with Crippen LogP contribution in [-0.2, 0) is 5.75 Å². The molecule has 6 aromatic rings. The van der Waals surface area contributed by atoms with E-state index in [4.69, 9.17) is 14.3 Å². The molecule has 0 saturated carbocycles. The van der Waals surface area contributed by atoms with E-state index in [9.17, 15) is 9.90 Å². The predicted molar refractivity (Wildman–Crippen MR) is 162 cm³/mol. The minimum atomic E-state index is -0.456. The monoisotopic (exact) mass is 577 g/mol. The van der Waals surface area contributed by atoms with Gasteiger partial charge < -0.3 is 19.6 Å². The third kappa shape index (κ3) is 5.44.